The van der Waals surface area contributed by atoms with Gasteiger partial charge in [-0.3, -0.25) is 4.79 Å². The van der Waals surface area contributed by atoms with Crippen LogP contribution < -0.4 is 5.73 Å². The van der Waals surface area contributed by atoms with Crippen molar-refractivity contribution < 1.29 is 9.53 Å². The molecule has 1 rings (SSSR count). The maximum absolute atomic E-state index is 12.0. The molecule has 2 N–H and O–H groups in total. The Hall–Kier alpha value is -0.610. The van der Waals surface area contributed by atoms with E-state index in [2.05, 4.69) is 13.8 Å². The van der Waals surface area contributed by atoms with Gasteiger partial charge in [0, 0.05) is 20.2 Å². The average molecular weight is 214 g/mol. The molecule has 2 unspecified atom stereocenters. The van der Waals surface area contributed by atoms with Gasteiger partial charge in [-0.25, -0.2) is 0 Å². The Balaban J connectivity index is 2.52. The molecule has 1 saturated heterocycles. The fourth-order valence-corrected chi connectivity index (χ4v) is 1.81. The molecule has 88 valence electrons. The Morgan fingerprint density at radius 1 is 1.67 bits per heavy atom. The van der Waals surface area contributed by atoms with Crippen LogP contribution in [0.25, 0.3) is 0 Å². The van der Waals surface area contributed by atoms with Gasteiger partial charge in [0.25, 0.3) is 0 Å². The highest BCUT2D eigenvalue weighted by atomic mass is 16.5. The Morgan fingerprint density at radius 2 is 2.33 bits per heavy atom. The quantitative estimate of drug-likeness (QED) is 0.746. The fourth-order valence-electron chi connectivity index (χ4n) is 1.81. The van der Waals surface area contributed by atoms with Crippen molar-refractivity contribution in [3.8, 4) is 0 Å². The summed E-state index contributed by atoms with van der Waals surface area (Å²) in [5.74, 6) is 0.533. The van der Waals surface area contributed by atoms with Crippen LogP contribution in [0.15, 0.2) is 0 Å². The van der Waals surface area contributed by atoms with Crippen LogP contribution in [0.4, 0.5) is 0 Å². The largest absolute Gasteiger partial charge is 0.379 e. The fraction of sp³-hybridized carbons (Fsp3) is 0.909. The normalized spacial score (nSPS) is 27.7. The Morgan fingerprint density at radius 3 is 2.80 bits per heavy atom. The molecule has 15 heavy (non-hydrogen) atoms. The molecule has 1 aliphatic rings. The summed E-state index contributed by atoms with van der Waals surface area (Å²) in [5.41, 5.74) is 5.23. The van der Waals surface area contributed by atoms with Crippen LogP contribution in [0.1, 0.15) is 26.7 Å². The van der Waals surface area contributed by atoms with Gasteiger partial charge in [0.05, 0.1) is 6.61 Å². The molecule has 0 aromatic carbocycles. The Bertz CT molecular complexity index is 225. The summed E-state index contributed by atoms with van der Waals surface area (Å²) in [6.07, 6.45) is 1.71. The van der Waals surface area contributed by atoms with Crippen LogP contribution in [0.3, 0.4) is 0 Å². The third-order valence-corrected chi connectivity index (χ3v) is 3.11. The number of nitrogens with zero attached hydrogens (tertiary/aromatic N) is 1. The van der Waals surface area contributed by atoms with E-state index >= 15 is 0 Å². The number of carbonyl (C=O) groups is 1. The zero-order valence-corrected chi connectivity index (χ0v) is 9.95. The molecule has 0 bridgehead atoms. The monoisotopic (exact) mass is 214 g/mol. The summed E-state index contributed by atoms with van der Waals surface area (Å²) >= 11 is 0. The Kier molecular flexibility index (Phi) is 4.11. The van der Waals surface area contributed by atoms with E-state index in [0.717, 1.165) is 13.0 Å². The number of ether oxygens (including phenoxy) is 1. The third-order valence-electron chi connectivity index (χ3n) is 3.11. The van der Waals surface area contributed by atoms with Crippen molar-refractivity contribution in [2.24, 2.45) is 11.7 Å². The molecular formula is C11H22N2O2. The predicted octanol–water partition coefficient (Wildman–Crippen LogP) is 0.609. The molecule has 0 spiro atoms. The van der Waals surface area contributed by atoms with Gasteiger partial charge in [-0.2, -0.15) is 0 Å². The highest BCUT2D eigenvalue weighted by molar-refractivity contribution is 5.86. The molecule has 0 aromatic rings. The minimum absolute atomic E-state index is 0.0142. The second-order valence-corrected chi connectivity index (χ2v) is 4.66. The standard InChI is InChI=1S/C11H22N2O2/c1-4-9(2)7-13(3)10(14)11(12)5-6-15-8-11/h9H,4-8,12H2,1-3H3. The molecule has 2 atom stereocenters. The maximum Gasteiger partial charge on any atom is 0.244 e. The number of rotatable bonds is 4. The van der Waals surface area contributed by atoms with Crippen LogP contribution >= 0.6 is 0 Å². The van der Waals surface area contributed by atoms with E-state index in [9.17, 15) is 4.79 Å². The zero-order chi connectivity index (χ0) is 11.5. The van der Waals surface area contributed by atoms with E-state index < -0.39 is 5.54 Å². The van der Waals surface area contributed by atoms with E-state index in [-0.39, 0.29) is 5.91 Å². The van der Waals surface area contributed by atoms with Gasteiger partial charge in [-0.15, -0.1) is 0 Å². The second-order valence-electron chi connectivity index (χ2n) is 4.66. The Labute approximate surface area is 91.8 Å². The molecule has 0 saturated carbocycles. The number of amides is 1. The van der Waals surface area contributed by atoms with Crippen molar-refractivity contribution in [3.63, 3.8) is 0 Å². The van der Waals surface area contributed by atoms with E-state index in [1.807, 2.05) is 7.05 Å². The van der Waals surface area contributed by atoms with Gasteiger partial charge in [-0.05, 0) is 12.3 Å². The average Bonchev–Trinajstić information content (AvgIpc) is 2.65. The first-order valence-electron chi connectivity index (χ1n) is 5.62. The highest BCUT2D eigenvalue weighted by Gasteiger charge is 2.40. The third kappa shape index (κ3) is 2.92. The smallest absolute Gasteiger partial charge is 0.244 e. The lowest BCUT2D eigenvalue weighted by Gasteiger charge is -2.29. The van der Waals surface area contributed by atoms with Crippen molar-refractivity contribution in [3.05, 3.63) is 0 Å². The van der Waals surface area contributed by atoms with Crippen LogP contribution in [0.5, 0.6) is 0 Å². The number of nitrogens with two attached hydrogens (primary N) is 1. The lowest BCUT2D eigenvalue weighted by Crippen LogP contribution is -2.55. The molecule has 1 aliphatic heterocycles. The zero-order valence-electron chi connectivity index (χ0n) is 9.95. The topological polar surface area (TPSA) is 55.6 Å². The first kappa shape index (κ1) is 12.5. The molecule has 0 aromatic heterocycles. The van der Waals surface area contributed by atoms with Gasteiger partial charge in [0.15, 0.2) is 0 Å². The summed E-state index contributed by atoms with van der Waals surface area (Å²) in [7, 11) is 1.82. The molecular weight excluding hydrogens is 192 g/mol. The number of likely N-dealkylation sites (N-methyl/N-ethyl adjacent to an activating group) is 1. The summed E-state index contributed by atoms with van der Waals surface area (Å²) in [4.78, 5) is 13.8. The number of carbonyl (C=O) groups excluding carboxylic acids is 1. The number of hydrogen-bond acceptors (Lipinski definition) is 3. The minimum Gasteiger partial charge on any atom is -0.379 e. The minimum atomic E-state index is -0.776. The first-order valence-corrected chi connectivity index (χ1v) is 5.62. The van der Waals surface area contributed by atoms with E-state index in [1.165, 1.54) is 0 Å². The van der Waals surface area contributed by atoms with Gasteiger partial charge in [0.2, 0.25) is 5.91 Å². The van der Waals surface area contributed by atoms with Crippen LogP contribution in [-0.4, -0.2) is 43.2 Å². The molecule has 0 radical (unpaired) electrons. The van der Waals surface area contributed by atoms with E-state index in [0.29, 0.717) is 25.6 Å². The van der Waals surface area contributed by atoms with Crippen LogP contribution in [0, 0.1) is 5.92 Å². The van der Waals surface area contributed by atoms with Crippen LogP contribution in [0.2, 0.25) is 0 Å². The summed E-state index contributed by atoms with van der Waals surface area (Å²) in [5, 5.41) is 0. The lowest BCUT2D eigenvalue weighted by molar-refractivity contribution is -0.136. The van der Waals surface area contributed by atoms with Crippen molar-refractivity contribution in [2.45, 2.75) is 32.2 Å². The van der Waals surface area contributed by atoms with Gasteiger partial charge < -0.3 is 15.4 Å². The summed E-state index contributed by atoms with van der Waals surface area (Å²) in [6.45, 7) is 5.99. The van der Waals surface area contributed by atoms with Gasteiger partial charge in [0.1, 0.15) is 5.54 Å². The van der Waals surface area contributed by atoms with Gasteiger partial charge in [-0.1, -0.05) is 20.3 Å². The molecule has 1 heterocycles. The molecule has 4 heteroatoms. The number of hydrogen-bond donors (Lipinski definition) is 1. The maximum atomic E-state index is 12.0. The molecule has 1 amide bonds. The van der Waals surface area contributed by atoms with Crippen molar-refractivity contribution in [1.29, 1.82) is 0 Å². The first-order chi connectivity index (χ1) is 6.99. The van der Waals surface area contributed by atoms with Crippen molar-refractivity contribution in [1.82, 2.24) is 4.90 Å². The van der Waals surface area contributed by atoms with E-state index in [4.69, 9.17) is 10.5 Å². The van der Waals surface area contributed by atoms with Crippen LogP contribution in [-0.2, 0) is 9.53 Å². The lowest BCUT2D eigenvalue weighted by atomic mass is 9.97. The van der Waals surface area contributed by atoms with Crippen molar-refractivity contribution in [2.75, 3.05) is 26.8 Å². The summed E-state index contributed by atoms with van der Waals surface area (Å²) < 4.78 is 5.19. The molecule has 1 fully saturated rings. The second kappa shape index (κ2) is 4.94. The molecule has 4 nitrogen and oxygen atoms in total. The predicted molar refractivity (Wildman–Crippen MR) is 59.4 cm³/mol. The highest BCUT2D eigenvalue weighted by Crippen LogP contribution is 2.18. The SMILES string of the molecule is CCC(C)CN(C)C(=O)C1(N)CCOC1. The molecule has 0 aliphatic carbocycles. The van der Waals surface area contributed by atoms with Crippen molar-refractivity contribution >= 4 is 5.91 Å². The summed E-state index contributed by atoms with van der Waals surface area (Å²) in [6, 6.07) is 0. The van der Waals surface area contributed by atoms with E-state index in [1.54, 1.807) is 4.90 Å². The van der Waals surface area contributed by atoms with Gasteiger partial charge >= 0.3 is 0 Å².